The van der Waals surface area contributed by atoms with Crippen molar-refractivity contribution in [1.29, 1.82) is 0 Å². The summed E-state index contributed by atoms with van der Waals surface area (Å²) in [4.78, 5) is 11.3. The molecular weight excluding hydrogens is 176 g/mol. The van der Waals surface area contributed by atoms with Crippen molar-refractivity contribution in [3.63, 3.8) is 0 Å². The van der Waals surface area contributed by atoms with Crippen LogP contribution in [0, 0.1) is 0 Å². The Morgan fingerprint density at radius 1 is 1.71 bits per heavy atom. The molecule has 0 aromatic rings. The van der Waals surface area contributed by atoms with Crippen molar-refractivity contribution >= 4 is 5.97 Å². The fourth-order valence-electron chi connectivity index (χ4n) is 1.78. The molecule has 1 aliphatic heterocycles. The second-order valence-electron chi connectivity index (χ2n) is 4.03. The third-order valence-corrected chi connectivity index (χ3v) is 2.60. The number of cyclic esters (lactones) is 1. The number of esters is 1. The van der Waals surface area contributed by atoms with Crippen LogP contribution < -0.4 is 0 Å². The summed E-state index contributed by atoms with van der Waals surface area (Å²) in [5.74, 6) is -0.195. The van der Waals surface area contributed by atoms with Crippen LogP contribution in [0.1, 0.15) is 39.5 Å². The van der Waals surface area contributed by atoms with Crippen molar-refractivity contribution in [2.24, 2.45) is 0 Å². The van der Waals surface area contributed by atoms with Gasteiger partial charge in [-0.15, -0.1) is 6.58 Å². The summed E-state index contributed by atoms with van der Waals surface area (Å²) >= 11 is 0. The zero-order chi connectivity index (χ0) is 10.6. The van der Waals surface area contributed by atoms with Crippen LogP contribution in [0.5, 0.6) is 0 Å². The number of carbonyl (C=O) groups is 1. The van der Waals surface area contributed by atoms with Gasteiger partial charge in [-0.2, -0.15) is 0 Å². The molecule has 2 nitrogen and oxygen atoms in total. The molecule has 0 amide bonds. The first-order valence-electron chi connectivity index (χ1n) is 5.13. The van der Waals surface area contributed by atoms with Crippen molar-refractivity contribution in [3.8, 4) is 0 Å². The predicted octanol–water partition coefficient (Wildman–Crippen LogP) is 2.99. The van der Waals surface area contributed by atoms with Crippen LogP contribution in [0.3, 0.4) is 0 Å². The van der Waals surface area contributed by atoms with Gasteiger partial charge in [-0.05, 0) is 26.2 Å². The van der Waals surface area contributed by atoms with Crippen LogP contribution in [0.2, 0.25) is 0 Å². The molecule has 1 atom stereocenters. The molecule has 0 N–H and O–H groups in total. The highest BCUT2D eigenvalue weighted by Gasteiger charge is 2.31. The van der Waals surface area contributed by atoms with Gasteiger partial charge in [0.2, 0.25) is 0 Å². The smallest absolute Gasteiger partial charge is 0.331 e. The van der Waals surface area contributed by atoms with Gasteiger partial charge in [0.25, 0.3) is 0 Å². The molecule has 0 aliphatic carbocycles. The fraction of sp³-hybridized carbons (Fsp3) is 0.583. The minimum atomic E-state index is -0.314. The summed E-state index contributed by atoms with van der Waals surface area (Å²) in [6.07, 6.45) is 7.03. The number of carbonyl (C=O) groups excluding carboxylic acids is 1. The van der Waals surface area contributed by atoms with Crippen molar-refractivity contribution in [3.05, 3.63) is 24.3 Å². The van der Waals surface area contributed by atoms with Crippen molar-refractivity contribution < 1.29 is 9.53 Å². The molecule has 1 rings (SSSR count). The molecular formula is C12H18O2. The van der Waals surface area contributed by atoms with E-state index >= 15 is 0 Å². The highest BCUT2D eigenvalue weighted by atomic mass is 16.6. The Morgan fingerprint density at radius 3 is 3.00 bits per heavy atom. The third-order valence-electron chi connectivity index (χ3n) is 2.60. The second kappa shape index (κ2) is 4.45. The minimum Gasteiger partial charge on any atom is -0.456 e. The fourth-order valence-corrected chi connectivity index (χ4v) is 1.78. The van der Waals surface area contributed by atoms with E-state index < -0.39 is 0 Å². The van der Waals surface area contributed by atoms with Gasteiger partial charge in [0.05, 0.1) is 0 Å². The molecule has 0 aromatic carbocycles. The van der Waals surface area contributed by atoms with Crippen LogP contribution in [-0.4, -0.2) is 11.6 Å². The van der Waals surface area contributed by atoms with Crippen LogP contribution in [-0.2, 0) is 9.53 Å². The number of allylic oxidation sites excluding steroid dienone is 1. The molecule has 0 aromatic heterocycles. The average Bonchev–Trinajstić information content (AvgIpc) is 2.13. The van der Waals surface area contributed by atoms with Gasteiger partial charge in [-0.25, -0.2) is 4.79 Å². The predicted molar refractivity (Wildman–Crippen MR) is 56.9 cm³/mol. The Labute approximate surface area is 85.6 Å². The largest absolute Gasteiger partial charge is 0.456 e. The summed E-state index contributed by atoms with van der Waals surface area (Å²) < 4.78 is 5.34. The lowest BCUT2D eigenvalue weighted by Crippen LogP contribution is -2.34. The molecule has 1 aliphatic rings. The first kappa shape index (κ1) is 11.0. The molecule has 0 fully saturated rings. The lowest BCUT2D eigenvalue weighted by molar-refractivity contribution is -0.154. The van der Waals surface area contributed by atoms with Gasteiger partial charge in [0, 0.05) is 12.5 Å². The maximum absolute atomic E-state index is 11.3. The molecule has 0 bridgehead atoms. The van der Waals surface area contributed by atoms with E-state index in [1.165, 1.54) is 5.57 Å². The SMILES string of the molecule is C=CCC[C@]1(C)CC(CC)=CC(=O)O1. The number of ether oxygens (including phenoxy) is 1. The van der Waals surface area contributed by atoms with Gasteiger partial charge in [0.15, 0.2) is 0 Å². The summed E-state index contributed by atoms with van der Waals surface area (Å²) in [6.45, 7) is 7.74. The summed E-state index contributed by atoms with van der Waals surface area (Å²) in [5, 5.41) is 0. The van der Waals surface area contributed by atoms with Crippen LogP contribution in [0.4, 0.5) is 0 Å². The molecule has 2 heteroatoms. The van der Waals surface area contributed by atoms with E-state index in [1.54, 1.807) is 6.08 Å². The van der Waals surface area contributed by atoms with E-state index in [0.29, 0.717) is 0 Å². The summed E-state index contributed by atoms with van der Waals surface area (Å²) in [7, 11) is 0. The van der Waals surface area contributed by atoms with Gasteiger partial charge >= 0.3 is 5.97 Å². The van der Waals surface area contributed by atoms with E-state index in [-0.39, 0.29) is 11.6 Å². The molecule has 1 heterocycles. The Balaban J connectivity index is 2.68. The van der Waals surface area contributed by atoms with Crippen LogP contribution >= 0.6 is 0 Å². The van der Waals surface area contributed by atoms with Crippen molar-refractivity contribution in [1.82, 2.24) is 0 Å². The molecule has 0 saturated carbocycles. The Morgan fingerprint density at radius 2 is 2.43 bits per heavy atom. The first-order chi connectivity index (χ1) is 6.59. The lowest BCUT2D eigenvalue weighted by Gasteiger charge is -2.33. The van der Waals surface area contributed by atoms with E-state index in [1.807, 2.05) is 13.0 Å². The van der Waals surface area contributed by atoms with E-state index in [2.05, 4.69) is 13.5 Å². The maximum atomic E-state index is 11.3. The number of hydrogen-bond acceptors (Lipinski definition) is 2. The normalized spacial score (nSPS) is 26.7. The molecule has 0 saturated heterocycles. The van der Waals surface area contributed by atoms with E-state index in [9.17, 15) is 4.79 Å². The van der Waals surface area contributed by atoms with Gasteiger partial charge < -0.3 is 4.74 Å². The lowest BCUT2D eigenvalue weighted by atomic mass is 9.88. The third kappa shape index (κ3) is 2.72. The molecule has 14 heavy (non-hydrogen) atoms. The van der Waals surface area contributed by atoms with Gasteiger partial charge in [-0.3, -0.25) is 0 Å². The molecule has 0 radical (unpaired) electrons. The summed E-state index contributed by atoms with van der Waals surface area (Å²) in [6, 6.07) is 0. The quantitative estimate of drug-likeness (QED) is 0.508. The van der Waals surface area contributed by atoms with Gasteiger partial charge in [0.1, 0.15) is 5.60 Å². The second-order valence-corrected chi connectivity index (χ2v) is 4.03. The monoisotopic (exact) mass is 194 g/mol. The topological polar surface area (TPSA) is 26.3 Å². The van der Waals surface area contributed by atoms with Crippen molar-refractivity contribution in [2.45, 2.75) is 45.1 Å². The minimum absolute atomic E-state index is 0.195. The van der Waals surface area contributed by atoms with E-state index in [4.69, 9.17) is 4.74 Å². The highest BCUT2D eigenvalue weighted by Crippen LogP contribution is 2.31. The number of hydrogen-bond donors (Lipinski definition) is 0. The zero-order valence-corrected chi connectivity index (χ0v) is 9.01. The Bertz CT molecular complexity index is 265. The first-order valence-corrected chi connectivity index (χ1v) is 5.13. The standard InChI is InChI=1S/C12H18O2/c1-4-6-7-12(3)9-10(5-2)8-11(13)14-12/h4,8H,1,5-7,9H2,2-3H3/t12-/m1/s1. The maximum Gasteiger partial charge on any atom is 0.331 e. The Kier molecular flexibility index (Phi) is 3.50. The van der Waals surface area contributed by atoms with Gasteiger partial charge in [-0.1, -0.05) is 18.6 Å². The van der Waals surface area contributed by atoms with Crippen LogP contribution in [0.15, 0.2) is 24.3 Å². The van der Waals surface area contributed by atoms with Crippen molar-refractivity contribution in [2.75, 3.05) is 0 Å². The highest BCUT2D eigenvalue weighted by molar-refractivity contribution is 5.84. The summed E-state index contributed by atoms with van der Waals surface area (Å²) in [5.41, 5.74) is 0.874. The van der Waals surface area contributed by atoms with E-state index in [0.717, 1.165) is 25.7 Å². The Hall–Kier alpha value is -1.05. The molecule has 0 unspecified atom stereocenters. The average molecular weight is 194 g/mol. The molecule has 0 spiro atoms. The molecule has 78 valence electrons. The number of rotatable bonds is 4. The zero-order valence-electron chi connectivity index (χ0n) is 9.01. The van der Waals surface area contributed by atoms with Crippen LogP contribution in [0.25, 0.3) is 0 Å².